The molecule has 0 amide bonds. The zero-order valence-electron chi connectivity index (χ0n) is 9.60. The second kappa shape index (κ2) is 7.79. The molecule has 1 rings (SSSR count). The first-order chi connectivity index (χ1) is 6.83. The molecule has 0 bridgehead atoms. The van der Waals surface area contributed by atoms with Gasteiger partial charge in [-0.1, -0.05) is 70.9 Å². The number of hydrogen-bond acceptors (Lipinski definition) is 0. The molecule has 14 heavy (non-hydrogen) atoms. The SMILES string of the molecule is CCCCCCCC[C@@H]1CCB(Br)C1. The molecular weight excluding hydrogens is 235 g/mol. The van der Waals surface area contributed by atoms with Gasteiger partial charge in [0.25, 0.3) is 0 Å². The quantitative estimate of drug-likeness (QED) is 0.438. The van der Waals surface area contributed by atoms with Crippen LogP contribution in [0.15, 0.2) is 0 Å². The summed E-state index contributed by atoms with van der Waals surface area (Å²) in [4.78, 5) is 0. The van der Waals surface area contributed by atoms with E-state index in [4.69, 9.17) is 0 Å². The fraction of sp³-hybridized carbons (Fsp3) is 1.00. The van der Waals surface area contributed by atoms with Crippen LogP contribution in [-0.4, -0.2) is 5.54 Å². The zero-order valence-corrected chi connectivity index (χ0v) is 11.2. The Kier molecular flexibility index (Phi) is 7.02. The lowest BCUT2D eigenvalue weighted by Gasteiger charge is -2.08. The van der Waals surface area contributed by atoms with Crippen LogP contribution in [0.1, 0.15) is 58.3 Å². The Bertz CT molecular complexity index is 138. The highest BCUT2D eigenvalue weighted by Crippen LogP contribution is 2.33. The summed E-state index contributed by atoms with van der Waals surface area (Å²) >= 11 is 3.72. The number of hydrogen-bond donors (Lipinski definition) is 0. The van der Waals surface area contributed by atoms with Crippen LogP contribution >= 0.6 is 15.8 Å². The fourth-order valence-electron chi connectivity index (χ4n) is 2.49. The maximum atomic E-state index is 3.72. The summed E-state index contributed by atoms with van der Waals surface area (Å²) < 4.78 is 0. The van der Waals surface area contributed by atoms with E-state index in [0.717, 1.165) is 11.5 Å². The van der Waals surface area contributed by atoms with Gasteiger partial charge in [-0.2, -0.15) is 15.8 Å². The lowest BCUT2D eigenvalue weighted by atomic mass is 9.75. The molecule has 1 atom stereocenters. The minimum atomic E-state index is 0.840. The van der Waals surface area contributed by atoms with Gasteiger partial charge in [-0.3, -0.25) is 0 Å². The smallest absolute Gasteiger partial charge is 0.157 e. The van der Waals surface area contributed by atoms with E-state index in [0.29, 0.717) is 0 Å². The molecule has 0 nitrogen and oxygen atoms in total. The Hall–Kier alpha value is 0.545. The molecule has 1 aliphatic rings. The molecule has 0 aromatic rings. The van der Waals surface area contributed by atoms with E-state index >= 15 is 0 Å². The molecule has 0 saturated carbocycles. The van der Waals surface area contributed by atoms with Crippen molar-refractivity contribution in [1.82, 2.24) is 0 Å². The normalized spacial score (nSPS) is 21.9. The molecule has 82 valence electrons. The molecule has 0 N–H and O–H groups in total. The average molecular weight is 259 g/mol. The van der Waals surface area contributed by atoms with Crippen molar-refractivity contribution < 1.29 is 0 Å². The van der Waals surface area contributed by atoms with Crippen LogP contribution in [0.3, 0.4) is 0 Å². The molecule has 0 aromatic carbocycles. The van der Waals surface area contributed by atoms with Crippen LogP contribution in [-0.2, 0) is 0 Å². The number of rotatable bonds is 7. The Balaban J connectivity index is 1.84. The monoisotopic (exact) mass is 258 g/mol. The minimum Gasteiger partial charge on any atom is -0.157 e. The van der Waals surface area contributed by atoms with Crippen molar-refractivity contribution in [3.63, 3.8) is 0 Å². The van der Waals surface area contributed by atoms with E-state index < -0.39 is 0 Å². The molecule has 0 aliphatic carbocycles. The molecule has 2 heteroatoms. The molecule has 0 aromatic heterocycles. The van der Waals surface area contributed by atoms with E-state index in [1.54, 1.807) is 0 Å². The average Bonchev–Trinajstić information content (AvgIpc) is 2.58. The van der Waals surface area contributed by atoms with Crippen LogP contribution < -0.4 is 0 Å². The van der Waals surface area contributed by atoms with Crippen molar-refractivity contribution in [1.29, 1.82) is 0 Å². The van der Waals surface area contributed by atoms with Crippen LogP contribution in [0.5, 0.6) is 0 Å². The highest BCUT2D eigenvalue weighted by atomic mass is 79.9. The molecule has 1 saturated heterocycles. The summed E-state index contributed by atoms with van der Waals surface area (Å²) in [5, 5.41) is 0. The van der Waals surface area contributed by atoms with Crippen molar-refractivity contribution in [2.75, 3.05) is 0 Å². The summed E-state index contributed by atoms with van der Waals surface area (Å²) in [6.07, 6.45) is 14.5. The van der Waals surface area contributed by atoms with E-state index in [1.807, 2.05) is 0 Å². The Morgan fingerprint density at radius 2 is 1.86 bits per heavy atom. The summed E-state index contributed by atoms with van der Waals surface area (Å²) in [6, 6.07) is 0. The van der Waals surface area contributed by atoms with Crippen molar-refractivity contribution in [3.8, 4) is 0 Å². The first-order valence-electron chi connectivity index (χ1n) is 6.47. The number of halogens is 1. The second-order valence-electron chi connectivity index (χ2n) is 4.83. The third-order valence-corrected chi connectivity index (χ3v) is 4.27. The Morgan fingerprint density at radius 3 is 2.50 bits per heavy atom. The van der Waals surface area contributed by atoms with Crippen LogP contribution in [0.2, 0.25) is 12.6 Å². The fourth-order valence-corrected chi connectivity index (χ4v) is 3.28. The third kappa shape index (κ3) is 5.43. The van der Waals surface area contributed by atoms with E-state index in [9.17, 15) is 0 Å². The molecule has 0 spiro atoms. The highest BCUT2D eigenvalue weighted by molar-refractivity contribution is 9.24. The van der Waals surface area contributed by atoms with Crippen molar-refractivity contribution in [2.24, 2.45) is 5.92 Å². The van der Waals surface area contributed by atoms with Crippen LogP contribution in [0.25, 0.3) is 0 Å². The summed E-state index contributed by atoms with van der Waals surface area (Å²) in [7, 11) is 0. The molecule has 0 unspecified atom stereocenters. The molecular formula is C12H24BBr. The van der Waals surface area contributed by atoms with E-state index in [2.05, 4.69) is 22.7 Å². The van der Waals surface area contributed by atoms with Gasteiger partial charge in [-0.25, -0.2) is 0 Å². The van der Waals surface area contributed by atoms with Gasteiger partial charge in [0.2, 0.25) is 5.54 Å². The van der Waals surface area contributed by atoms with Crippen molar-refractivity contribution in [3.05, 3.63) is 0 Å². The first kappa shape index (κ1) is 12.6. The van der Waals surface area contributed by atoms with Gasteiger partial charge in [0.05, 0.1) is 0 Å². The second-order valence-corrected chi connectivity index (χ2v) is 6.13. The number of unbranched alkanes of at least 4 members (excludes halogenated alkanes) is 5. The van der Waals surface area contributed by atoms with Gasteiger partial charge in [0.15, 0.2) is 0 Å². The lowest BCUT2D eigenvalue weighted by Crippen LogP contribution is -1.96. The molecule has 1 aliphatic heterocycles. The Labute approximate surface area is 98.3 Å². The minimum absolute atomic E-state index is 0.840. The lowest BCUT2D eigenvalue weighted by molar-refractivity contribution is 0.486. The molecule has 0 radical (unpaired) electrons. The standard InChI is InChI=1S/C12H24BBr/c1-2-3-4-5-6-7-8-12-9-10-13(14)11-12/h12H,2-11H2,1H3/t12-/m1/s1. The van der Waals surface area contributed by atoms with Crippen molar-refractivity contribution >= 4 is 21.3 Å². The molecule has 1 heterocycles. The van der Waals surface area contributed by atoms with Gasteiger partial charge in [-0.15, -0.1) is 0 Å². The van der Waals surface area contributed by atoms with E-state index in [1.165, 1.54) is 64.0 Å². The van der Waals surface area contributed by atoms with Crippen molar-refractivity contribution in [2.45, 2.75) is 70.9 Å². The largest absolute Gasteiger partial charge is 0.223 e. The Morgan fingerprint density at radius 1 is 1.14 bits per heavy atom. The summed E-state index contributed by atoms with van der Waals surface area (Å²) in [5.74, 6) is 1.05. The van der Waals surface area contributed by atoms with Gasteiger partial charge < -0.3 is 0 Å². The predicted octanol–water partition coefficient (Wildman–Crippen LogP) is 5.14. The third-order valence-electron chi connectivity index (χ3n) is 3.44. The summed E-state index contributed by atoms with van der Waals surface area (Å²) in [6.45, 7) is 2.29. The topological polar surface area (TPSA) is 0 Å². The van der Waals surface area contributed by atoms with Gasteiger partial charge in [0, 0.05) is 0 Å². The van der Waals surface area contributed by atoms with Gasteiger partial charge in [-0.05, 0) is 5.92 Å². The molecule has 1 fully saturated rings. The predicted molar refractivity (Wildman–Crippen MR) is 70.4 cm³/mol. The summed E-state index contributed by atoms with van der Waals surface area (Å²) in [5.41, 5.74) is 0.840. The van der Waals surface area contributed by atoms with Crippen LogP contribution in [0.4, 0.5) is 0 Å². The highest BCUT2D eigenvalue weighted by Gasteiger charge is 2.24. The maximum Gasteiger partial charge on any atom is 0.223 e. The first-order valence-corrected chi connectivity index (χ1v) is 7.38. The zero-order chi connectivity index (χ0) is 10.2. The maximum absolute atomic E-state index is 3.72. The van der Waals surface area contributed by atoms with E-state index in [-0.39, 0.29) is 0 Å². The van der Waals surface area contributed by atoms with Crippen LogP contribution in [0, 0.1) is 5.92 Å². The van der Waals surface area contributed by atoms with Gasteiger partial charge >= 0.3 is 0 Å². The van der Waals surface area contributed by atoms with Gasteiger partial charge in [0.1, 0.15) is 0 Å².